The molecule has 0 aliphatic carbocycles. The third kappa shape index (κ3) is 3.66. The number of aryl methyl sites for hydroxylation is 2. The molecule has 0 saturated heterocycles. The van der Waals surface area contributed by atoms with Crippen LogP contribution >= 0.6 is 11.3 Å². The number of rotatable bonds is 5. The lowest BCUT2D eigenvalue weighted by atomic mass is 10.1. The molecule has 0 aliphatic heterocycles. The number of hydrogen-bond acceptors (Lipinski definition) is 3. The van der Waals surface area contributed by atoms with Crippen molar-refractivity contribution in [3.05, 3.63) is 57.3 Å². The molecular formula is C16H22N2S. The highest BCUT2D eigenvalue weighted by atomic mass is 32.1. The van der Waals surface area contributed by atoms with Crippen LogP contribution in [-0.2, 0) is 6.54 Å². The first-order valence-electron chi connectivity index (χ1n) is 6.62. The van der Waals surface area contributed by atoms with E-state index in [2.05, 4.69) is 62.2 Å². The molecule has 1 heterocycles. The van der Waals surface area contributed by atoms with Crippen LogP contribution in [0.5, 0.6) is 0 Å². The van der Waals surface area contributed by atoms with Gasteiger partial charge in [-0.05, 0) is 38.6 Å². The fraction of sp³-hybridized carbons (Fsp3) is 0.375. The standard InChI is InChI=1S/C16H22N2S/c1-12-4-7-14(8-5-12)11-18(3)15(10-17)16-9-6-13(2)19-16/h4-9,15H,10-11,17H2,1-3H3. The average molecular weight is 274 g/mol. The monoisotopic (exact) mass is 274 g/mol. The molecule has 0 aliphatic rings. The summed E-state index contributed by atoms with van der Waals surface area (Å²) in [5.74, 6) is 0. The highest BCUT2D eigenvalue weighted by Crippen LogP contribution is 2.27. The van der Waals surface area contributed by atoms with E-state index in [9.17, 15) is 0 Å². The van der Waals surface area contributed by atoms with Crippen LogP contribution in [0, 0.1) is 13.8 Å². The van der Waals surface area contributed by atoms with Gasteiger partial charge in [0.2, 0.25) is 0 Å². The Balaban J connectivity index is 2.08. The minimum atomic E-state index is 0.306. The second-order valence-corrected chi connectivity index (χ2v) is 6.42. The largest absolute Gasteiger partial charge is 0.329 e. The van der Waals surface area contributed by atoms with Crippen molar-refractivity contribution < 1.29 is 0 Å². The Morgan fingerprint density at radius 1 is 1.11 bits per heavy atom. The maximum Gasteiger partial charge on any atom is 0.0564 e. The number of likely N-dealkylation sites (N-methyl/N-ethyl adjacent to an activating group) is 1. The molecule has 1 aromatic heterocycles. The summed E-state index contributed by atoms with van der Waals surface area (Å²) in [6.07, 6.45) is 0. The molecule has 0 radical (unpaired) electrons. The molecule has 0 spiro atoms. The van der Waals surface area contributed by atoms with Gasteiger partial charge >= 0.3 is 0 Å². The predicted octanol–water partition coefficient (Wildman–Crippen LogP) is 3.50. The zero-order chi connectivity index (χ0) is 13.8. The number of thiophene rings is 1. The van der Waals surface area contributed by atoms with Crippen LogP contribution in [0.15, 0.2) is 36.4 Å². The van der Waals surface area contributed by atoms with Crippen LogP contribution in [-0.4, -0.2) is 18.5 Å². The van der Waals surface area contributed by atoms with Gasteiger partial charge in [-0.25, -0.2) is 0 Å². The fourth-order valence-electron chi connectivity index (χ4n) is 2.24. The van der Waals surface area contributed by atoms with Crippen LogP contribution < -0.4 is 5.73 Å². The van der Waals surface area contributed by atoms with Gasteiger partial charge in [-0.2, -0.15) is 0 Å². The summed E-state index contributed by atoms with van der Waals surface area (Å²) >= 11 is 1.84. The summed E-state index contributed by atoms with van der Waals surface area (Å²) in [4.78, 5) is 5.03. The maximum absolute atomic E-state index is 5.96. The smallest absolute Gasteiger partial charge is 0.0564 e. The van der Waals surface area contributed by atoms with Crippen LogP contribution in [0.4, 0.5) is 0 Å². The van der Waals surface area contributed by atoms with E-state index in [-0.39, 0.29) is 0 Å². The van der Waals surface area contributed by atoms with Crippen molar-refractivity contribution in [3.63, 3.8) is 0 Å². The molecule has 0 bridgehead atoms. The maximum atomic E-state index is 5.96. The van der Waals surface area contributed by atoms with Gasteiger partial charge in [0.25, 0.3) is 0 Å². The quantitative estimate of drug-likeness (QED) is 0.904. The van der Waals surface area contributed by atoms with Crippen molar-refractivity contribution in [2.75, 3.05) is 13.6 Å². The van der Waals surface area contributed by atoms with Gasteiger partial charge in [0.15, 0.2) is 0 Å². The van der Waals surface area contributed by atoms with E-state index in [4.69, 9.17) is 5.73 Å². The highest BCUT2D eigenvalue weighted by Gasteiger charge is 2.17. The van der Waals surface area contributed by atoms with Crippen molar-refractivity contribution in [2.24, 2.45) is 5.73 Å². The summed E-state index contributed by atoms with van der Waals surface area (Å²) in [5.41, 5.74) is 8.59. The molecule has 19 heavy (non-hydrogen) atoms. The first-order valence-corrected chi connectivity index (χ1v) is 7.44. The molecule has 1 aromatic carbocycles. The molecule has 1 unspecified atom stereocenters. The van der Waals surface area contributed by atoms with E-state index in [0.717, 1.165) is 6.54 Å². The fourth-order valence-corrected chi connectivity index (χ4v) is 3.29. The Labute approximate surface area is 119 Å². The number of benzene rings is 1. The van der Waals surface area contributed by atoms with Crippen molar-refractivity contribution in [1.29, 1.82) is 0 Å². The van der Waals surface area contributed by atoms with E-state index >= 15 is 0 Å². The number of nitrogens with zero attached hydrogens (tertiary/aromatic N) is 1. The Morgan fingerprint density at radius 2 is 1.79 bits per heavy atom. The molecule has 0 amide bonds. The predicted molar refractivity (Wildman–Crippen MR) is 83.5 cm³/mol. The summed E-state index contributed by atoms with van der Waals surface area (Å²) in [6, 6.07) is 13.4. The van der Waals surface area contributed by atoms with Crippen LogP contribution in [0.3, 0.4) is 0 Å². The third-order valence-electron chi connectivity index (χ3n) is 3.40. The lowest BCUT2D eigenvalue weighted by Crippen LogP contribution is -2.29. The molecule has 3 heteroatoms. The Morgan fingerprint density at radius 3 is 2.32 bits per heavy atom. The Kier molecular flexibility index (Phi) is 4.75. The minimum Gasteiger partial charge on any atom is -0.329 e. The van der Waals surface area contributed by atoms with Crippen LogP contribution in [0.25, 0.3) is 0 Å². The zero-order valence-corrected chi connectivity index (χ0v) is 12.7. The van der Waals surface area contributed by atoms with E-state index in [1.54, 1.807) is 0 Å². The van der Waals surface area contributed by atoms with E-state index < -0.39 is 0 Å². The van der Waals surface area contributed by atoms with Crippen molar-refractivity contribution in [1.82, 2.24) is 4.90 Å². The van der Waals surface area contributed by atoms with E-state index in [1.807, 2.05) is 11.3 Å². The zero-order valence-electron chi connectivity index (χ0n) is 11.9. The normalized spacial score (nSPS) is 12.9. The molecule has 102 valence electrons. The second-order valence-electron chi connectivity index (χ2n) is 5.10. The van der Waals surface area contributed by atoms with Crippen LogP contribution in [0.2, 0.25) is 0 Å². The second kappa shape index (κ2) is 6.33. The topological polar surface area (TPSA) is 29.3 Å². The summed E-state index contributed by atoms with van der Waals surface area (Å²) in [7, 11) is 2.15. The van der Waals surface area contributed by atoms with Gasteiger partial charge in [0.1, 0.15) is 0 Å². The highest BCUT2D eigenvalue weighted by molar-refractivity contribution is 7.12. The molecule has 0 fully saturated rings. The minimum absolute atomic E-state index is 0.306. The first-order chi connectivity index (χ1) is 9.10. The SMILES string of the molecule is Cc1ccc(CN(C)C(CN)c2ccc(C)s2)cc1. The van der Waals surface area contributed by atoms with Gasteiger partial charge in [0.05, 0.1) is 6.04 Å². The van der Waals surface area contributed by atoms with E-state index in [0.29, 0.717) is 12.6 Å². The van der Waals surface area contributed by atoms with E-state index in [1.165, 1.54) is 20.9 Å². The Hall–Kier alpha value is -1.16. The lowest BCUT2D eigenvalue weighted by molar-refractivity contribution is 0.245. The number of nitrogens with two attached hydrogens (primary N) is 1. The Bertz CT molecular complexity index is 516. The van der Waals surface area contributed by atoms with Gasteiger partial charge in [-0.15, -0.1) is 11.3 Å². The number of hydrogen-bond donors (Lipinski definition) is 1. The molecule has 1 atom stereocenters. The first kappa shape index (κ1) is 14.3. The summed E-state index contributed by atoms with van der Waals surface area (Å²) in [6.45, 7) is 5.84. The van der Waals surface area contributed by atoms with Gasteiger partial charge in [0, 0.05) is 22.8 Å². The van der Waals surface area contributed by atoms with Gasteiger partial charge in [-0.3, -0.25) is 4.90 Å². The van der Waals surface area contributed by atoms with Crippen molar-refractivity contribution in [3.8, 4) is 0 Å². The van der Waals surface area contributed by atoms with Crippen LogP contribution in [0.1, 0.15) is 26.9 Å². The lowest BCUT2D eigenvalue weighted by Gasteiger charge is -2.26. The average Bonchev–Trinajstić information content (AvgIpc) is 2.80. The molecule has 2 N–H and O–H groups in total. The molecule has 0 saturated carbocycles. The summed E-state index contributed by atoms with van der Waals surface area (Å²) in [5, 5.41) is 0. The summed E-state index contributed by atoms with van der Waals surface area (Å²) < 4.78 is 0. The van der Waals surface area contributed by atoms with Crippen molar-refractivity contribution >= 4 is 11.3 Å². The molecular weight excluding hydrogens is 252 g/mol. The van der Waals surface area contributed by atoms with Gasteiger partial charge in [-0.1, -0.05) is 29.8 Å². The third-order valence-corrected chi connectivity index (χ3v) is 4.50. The van der Waals surface area contributed by atoms with Gasteiger partial charge < -0.3 is 5.73 Å². The molecule has 2 rings (SSSR count). The van der Waals surface area contributed by atoms with Crippen molar-refractivity contribution in [2.45, 2.75) is 26.4 Å². The molecule has 2 aromatic rings. The molecule has 2 nitrogen and oxygen atoms in total.